The molecular formula is C16H21BrFNO2. The lowest BCUT2D eigenvalue weighted by molar-refractivity contribution is 0.0288. The normalized spacial score (nSPS) is 22.4. The number of rotatable bonds is 2. The van der Waals surface area contributed by atoms with Crippen LogP contribution in [-0.2, 0) is 4.74 Å². The van der Waals surface area contributed by atoms with Crippen LogP contribution in [0.15, 0.2) is 24.3 Å². The van der Waals surface area contributed by atoms with Crippen LogP contribution in [0.4, 0.5) is 9.18 Å². The fourth-order valence-electron chi connectivity index (χ4n) is 2.63. The van der Waals surface area contributed by atoms with Gasteiger partial charge in [-0.2, -0.15) is 0 Å². The monoisotopic (exact) mass is 357 g/mol. The molecule has 0 aliphatic carbocycles. The molecule has 1 aliphatic heterocycles. The van der Waals surface area contributed by atoms with E-state index in [0.29, 0.717) is 18.7 Å². The molecule has 116 valence electrons. The molecule has 1 aromatic carbocycles. The van der Waals surface area contributed by atoms with Crippen molar-refractivity contribution in [1.29, 1.82) is 0 Å². The number of hydrogen-bond acceptors (Lipinski definition) is 2. The SMILES string of the molecule is CC(C)(C)OC(=O)N1C[C@H](CBr)[C@@H](c2ccccc2F)C1. The fourth-order valence-corrected chi connectivity index (χ4v) is 3.29. The maximum absolute atomic E-state index is 14.0. The molecule has 1 aromatic rings. The summed E-state index contributed by atoms with van der Waals surface area (Å²) in [6.45, 7) is 6.61. The molecule has 2 rings (SSSR count). The van der Waals surface area contributed by atoms with Crippen molar-refractivity contribution in [2.24, 2.45) is 5.92 Å². The highest BCUT2D eigenvalue weighted by Crippen LogP contribution is 2.35. The topological polar surface area (TPSA) is 29.5 Å². The molecule has 0 unspecified atom stereocenters. The Morgan fingerprint density at radius 1 is 1.38 bits per heavy atom. The van der Waals surface area contributed by atoms with Gasteiger partial charge >= 0.3 is 6.09 Å². The molecule has 0 spiro atoms. The van der Waals surface area contributed by atoms with Crippen LogP contribution in [0, 0.1) is 11.7 Å². The van der Waals surface area contributed by atoms with Gasteiger partial charge in [-0.1, -0.05) is 34.1 Å². The van der Waals surface area contributed by atoms with Crippen molar-refractivity contribution >= 4 is 22.0 Å². The van der Waals surface area contributed by atoms with Gasteiger partial charge in [0, 0.05) is 24.3 Å². The Hall–Kier alpha value is -1.10. The second kappa shape index (κ2) is 6.34. The first-order valence-corrected chi connectivity index (χ1v) is 8.22. The third kappa shape index (κ3) is 3.96. The van der Waals surface area contributed by atoms with E-state index in [9.17, 15) is 9.18 Å². The molecule has 3 nitrogen and oxygen atoms in total. The minimum atomic E-state index is -0.517. The number of ether oxygens (including phenoxy) is 1. The number of amides is 1. The second-order valence-electron chi connectivity index (χ2n) is 6.43. The molecular weight excluding hydrogens is 337 g/mol. The summed E-state index contributed by atoms with van der Waals surface area (Å²) < 4.78 is 19.4. The first kappa shape index (κ1) is 16.3. The lowest BCUT2D eigenvalue weighted by atomic mass is 9.90. The molecule has 2 atom stereocenters. The number of carbonyl (C=O) groups excluding carboxylic acids is 1. The average Bonchev–Trinajstić information content (AvgIpc) is 2.81. The Morgan fingerprint density at radius 2 is 2.05 bits per heavy atom. The highest BCUT2D eigenvalue weighted by atomic mass is 79.9. The van der Waals surface area contributed by atoms with E-state index in [0.717, 1.165) is 5.33 Å². The lowest BCUT2D eigenvalue weighted by Gasteiger charge is -2.24. The summed E-state index contributed by atoms with van der Waals surface area (Å²) in [7, 11) is 0. The molecule has 0 saturated carbocycles. The highest BCUT2D eigenvalue weighted by Gasteiger charge is 2.38. The minimum Gasteiger partial charge on any atom is -0.444 e. The Kier molecular flexibility index (Phi) is 4.91. The van der Waals surface area contributed by atoms with Crippen molar-refractivity contribution in [3.8, 4) is 0 Å². The Morgan fingerprint density at radius 3 is 2.62 bits per heavy atom. The van der Waals surface area contributed by atoms with E-state index < -0.39 is 5.60 Å². The standard InChI is InChI=1S/C16H21BrFNO2/c1-16(2,3)21-15(20)19-9-11(8-17)13(10-19)12-6-4-5-7-14(12)18/h4-7,11,13H,8-10H2,1-3H3/t11-,13-/m0/s1. The number of likely N-dealkylation sites (tertiary alicyclic amines) is 1. The van der Waals surface area contributed by atoms with E-state index in [1.807, 2.05) is 26.8 Å². The van der Waals surface area contributed by atoms with E-state index in [1.54, 1.807) is 17.0 Å². The van der Waals surface area contributed by atoms with Crippen LogP contribution < -0.4 is 0 Å². The van der Waals surface area contributed by atoms with Gasteiger partial charge in [-0.15, -0.1) is 0 Å². The predicted octanol–water partition coefficient (Wildman–Crippen LogP) is 4.17. The maximum Gasteiger partial charge on any atom is 0.410 e. The number of alkyl halides is 1. The van der Waals surface area contributed by atoms with Crippen LogP contribution in [0.5, 0.6) is 0 Å². The molecule has 21 heavy (non-hydrogen) atoms. The van der Waals surface area contributed by atoms with Gasteiger partial charge in [-0.05, 0) is 38.3 Å². The summed E-state index contributed by atoms with van der Waals surface area (Å²) in [4.78, 5) is 13.9. The largest absolute Gasteiger partial charge is 0.444 e. The number of nitrogens with zero attached hydrogens (tertiary/aromatic N) is 1. The Bertz CT molecular complexity index is 515. The van der Waals surface area contributed by atoms with Crippen LogP contribution in [0.3, 0.4) is 0 Å². The van der Waals surface area contributed by atoms with Gasteiger partial charge in [-0.3, -0.25) is 0 Å². The van der Waals surface area contributed by atoms with E-state index in [4.69, 9.17) is 4.74 Å². The van der Waals surface area contributed by atoms with Crippen molar-refractivity contribution in [2.45, 2.75) is 32.3 Å². The molecule has 1 aliphatic rings. The lowest BCUT2D eigenvalue weighted by Crippen LogP contribution is -2.35. The first-order chi connectivity index (χ1) is 9.81. The van der Waals surface area contributed by atoms with Crippen LogP contribution in [0.2, 0.25) is 0 Å². The summed E-state index contributed by atoms with van der Waals surface area (Å²) in [5, 5.41) is 0.727. The molecule has 1 fully saturated rings. The minimum absolute atomic E-state index is 0.00177. The molecule has 0 N–H and O–H groups in total. The van der Waals surface area contributed by atoms with E-state index in [2.05, 4.69) is 15.9 Å². The molecule has 0 aromatic heterocycles. The van der Waals surface area contributed by atoms with Crippen LogP contribution in [-0.4, -0.2) is 35.0 Å². The molecule has 1 heterocycles. The fraction of sp³-hybridized carbons (Fsp3) is 0.562. The number of halogens is 2. The molecule has 1 amide bonds. The third-order valence-corrected chi connectivity index (χ3v) is 4.43. The number of hydrogen-bond donors (Lipinski definition) is 0. The molecule has 0 bridgehead atoms. The molecule has 1 saturated heterocycles. The van der Waals surface area contributed by atoms with Crippen LogP contribution >= 0.6 is 15.9 Å². The highest BCUT2D eigenvalue weighted by molar-refractivity contribution is 9.09. The van der Waals surface area contributed by atoms with Crippen molar-refractivity contribution < 1.29 is 13.9 Å². The number of carbonyl (C=O) groups is 1. The zero-order valence-corrected chi connectivity index (χ0v) is 14.2. The van der Waals surface area contributed by atoms with E-state index in [-0.39, 0.29) is 23.7 Å². The quantitative estimate of drug-likeness (QED) is 0.743. The summed E-state index contributed by atoms with van der Waals surface area (Å²) in [6, 6.07) is 6.79. The smallest absolute Gasteiger partial charge is 0.410 e. The predicted molar refractivity (Wildman–Crippen MR) is 84.2 cm³/mol. The van der Waals surface area contributed by atoms with E-state index >= 15 is 0 Å². The zero-order valence-electron chi connectivity index (χ0n) is 12.6. The van der Waals surface area contributed by atoms with Crippen molar-refractivity contribution in [3.05, 3.63) is 35.6 Å². The average molecular weight is 358 g/mol. The van der Waals surface area contributed by atoms with Crippen molar-refractivity contribution in [1.82, 2.24) is 4.90 Å². The summed E-state index contributed by atoms with van der Waals surface area (Å²) >= 11 is 3.48. The van der Waals surface area contributed by atoms with Crippen molar-refractivity contribution in [2.75, 3.05) is 18.4 Å². The van der Waals surface area contributed by atoms with E-state index in [1.165, 1.54) is 6.07 Å². The van der Waals surface area contributed by atoms with Gasteiger partial charge in [0.15, 0.2) is 0 Å². The Balaban J connectivity index is 2.15. The summed E-state index contributed by atoms with van der Waals surface area (Å²) in [5.74, 6) is -0.0213. The molecule has 0 radical (unpaired) electrons. The van der Waals surface area contributed by atoms with Gasteiger partial charge in [0.25, 0.3) is 0 Å². The van der Waals surface area contributed by atoms with Gasteiger partial charge in [0.05, 0.1) is 0 Å². The maximum atomic E-state index is 14.0. The van der Waals surface area contributed by atoms with Gasteiger partial charge in [-0.25, -0.2) is 9.18 Å². The van der Waals surface area contributed by atoms with Crippen molar-refractivity contribution in [3.63, 3.8) is 0 Å². The van der Waals surface area contributed by atoms with Crippen LogP contribution in [0.25, 0.3) is 0 Å². The third-order valence-electron chi connectivity index (χ3n) is 3.60. The first-order valence-electron chi connectivity index (χ1n) is 7.10. The van der Waals surface area contributed by atoms with Gasteiger partial charge in [0.1, 0.15) is 11.4 Å². The van der Waals surface area contributed by atoms with Crippen LogP contribution in [0.1, 0.15) is 32.3 Å². The zero-order chi connectivity index (χ0) is 15.6. The summed E-state index contributed by atoms with van der Waals surface area (Å²) in [5.41, 5.74) is 0.157. The summed E-state index contributed by atoms with van der Waals surface area (Å²) in [6.07, 6.45) is -0.327. The second-order valence-corrected chi connectivity index (χ2v) is 7.08. The van der Waals surface area contributed by atoms with Gasteiger partial charge < -0.3 is 9.64 Å². The number of benzene rings is 1. The van der Waals surface area contributed by atoms with Gasteiger partial charge in [0.2, 0.25) is 0 Å². The Labute approximate surface area is 133 Å². The molecule has 5 heteroatoms.